The highest BCUT2D eigenvalue weighted by atomic mass is 16.7. The van der Waals surface area contributed by atoms with Crippen LogP contribution in [0.5, 0.6) is 0 Å². The Labute approximate surface area is 152 Å². The summed E-state index contributed by atoms with van der Waals surface area (Å²) in [5, 5.41) is 59.7. The Kier molecular flexibility index (Phi) is 7.07. The molecule has 6 N–H and O–H groups in total. The molecule has 0 aromatic rings. The van der Waals surface area contributed by atoms with E-state index in [0.717, 1.165) is 14.2 Å². The van der Waals surface area contributed by atoms with E-state index in [1.54, 1.807) is 0 Å². The standard InChI is InChI=1S/C14H22O13/c1-23-11(20)8-5(17)6(18)10(13(22)25-8)27-14-7(19)3(15)4(16)9(26-14)12(21)24-2/h3-10,13-19,22H,1-2H3/t3-,4-,5-,6-,7+,8-,9-,10+,13+,14-/m0/s1. The Bertz CT molecular complexity index is 541. The predicted octanol–water partition coefficient (Wildman–Crippen LogP) is -5.04. The lowest BCUT2D eigenvalue weighted by atomic mass is 9.97. The number of aliphatic hydroxyl groups is 6. The van der Waals surface area contributed by atoms with Crippen LogP contribution in [0.15, 0.2) is 0 Å². The highest BCUT2D eigenvalue weighted by molar-refractivity contribution is 5.76. The average Bonchev–Trinajstić information content (AvgIpc) is 2.66. The molecule has 2 aliphatic rings. The number of hydrogen-bond acceptors (Lipinski definition) is 13. The third kappa shape index (κ3) is 4.21. The average molecular weight is 398 g/mol. The summed E-state index contributed by atoms with van der Waals surface area (Å²) in [6.07, 6.45) is -18.4. The zero-order chi connectivity index (χ0) is 20.5. The van der Waals surface area contributed by atoms with E-state index in [9.17, 15) is 40.2 Å². The fourth-order valence-corrected chi connectivity index (χ4v) is 2.74. The maximum atomic E-state index is 11.6. The molecule has 0 aromatic carbocycles. The van der Waals surface area contributed by atoms with Gasteiger partial charge in [0.25, 0.3) is 0 Å². The molecule has 13 heteroatoms. The van der Waals surface area contributed by atoms with Gasteiger partial charge in [0.15, 0.2) is 24.8 Å². The lowest BCUT2D eigenvalue weighted by Gasteiger charge is -2.44. The fourth-order valence-electron chi connectivity index (χ4n) is 2.74. The number of aliphatic hydroxyl groups excluding tert-OH is 6. The normalized spacial score (nSPS) is 45.2. The molecule has 2 saturated heterocycles. The summed E-state index contributed by atoms with van der Waals surface area (Å²) in [5.74, 6) is -2.13. The maximum absolute atomic E-state index is 11.6. The molecule has 0 saturated carbocycles. The molecule has 0 radical (unpaired) electrons. The van der Waals surface area contributed by atoms with Crippen molar-refractivity contribution in [3.63, 3.8) is 0 Å². The molecule has 2 fully saturated rings. The molecule has 10 atom stereocenters. The Morgan fingerprint density at radius 1 is 0.704 bits per heavy atom. The molecule has 2 heterocycles. The van der Waals surface area contributed by atoms with Crippen molar-refractivity contribution in [2.24, 2.45) is 0 Å². The number of rotatable bonds is 4. The Morgan fingerprint density at radius 3 is 1.70 bits per heavy atom. The Hall–Kier alpha value is -1.42. The van der Waals surface area contributed by atoms with Gasteiger partial charge in [-0.15, -0.1) is 0 Å². The number of hydrogen-bond donors (Lipinski definition) is 6. The summed E-state index contributed by atoms with van der Waals surface area (Å²) in [7, 11) is 2.00. The van der Waals surface area contributed by atoms with Crippen LogP contribution in [-0.2, 0) is 33.3 Å². The van der Waals surface area contributed by atoms with E-state index in [1.165, 1.54) is 0 Å². The minimum Gasteiger partial charge on any atom is -0.467 e. The van der Waals surface area contributed by atoms with Crippen LogP contribution < -0.4 is 0 Å². The molecule has 0 bridgehead atoms. The van der Waals surface area contributed by atoms with Crippen molar-refractivity contribution in [2.45, 2.75) is 61.4 Å². The van der Waals surface area contributed by atoms with Crippen molar-refractivity contribution < 1.29 is 63.9 Å². The molecule has 0 aromatic heterocycles. The van der Waals surface area contributed by atoms with E-state index in [-0.39, 0.29) is 0 Å². The lowest BCUT2D eigenvalue weighted by molar-refractivity contribution is -0.354. The smallest absolute Gasteiger partial charge is 0.337 e. The van der Waals surface area contributed by atoms with E-state index in [4.69, 9.17) is 14.2 Å². The largest absolute Gasteiger partial charge is 0.467 e. The number of methoxy groups -OCH3 is 2. The van der Waals surface area contributed by atoms with Gasteiger partial charge in [0.2, 0.25) is 0 Å². The van der Waals surface area contributed by atoms with Crippen molar-refractivity contribution in [3.8, 4) is 0 Å². The third-order valence-corrected chi connectivity index (χ3v) is 4.29. The second-order valence-electron chi connectivity index (χ2n) is 5.97. The summed E-state index contributed by atoms with van der Waals surface area (Å²) in [5.41, 5.74) is 0. The summed E-state index contributed by atoms with van der Waals surface area (Å²) in [6, 6.07) is 0. The van der Waals surface area contributed by atoms with Gasteiger partial charge in [0.1, 0.15) is 36.6 Å². The van der Waals surface area contributed by atoms with Crippen molar-refractivity contribution in [2.75, 3.05) is 14.2 Å². The Morgan fingerprint density at radius 2 is 1.19 bits per heavy atom. The van der Waals surface area contributed by atoms with Crippen LogP contribution in [0.1, 0.15) is 0 Å². The van der Waals surface area contributed by atoms with Gasteiger partial charge in [-0.1, -0.05) is 0 Å². The minimum atomic E-state index is -1.97. The SMILES string of the molecule is COC(=O)[C@H]1O[C@@H](O[C@@H]2[C@@H](O)[C@H](O)[C@@H](C(=O)OC)O[C@H]2O)[C@H](O)[C@@H](O)[C@@H]1O. The van der Waals surface area contributed by atoms with E-state index < -0.39 is 73.4 Å². The Balaban J connectivity index is 2.14. The third-order valence-electron chi connectivity index (χ3n) is 4.29. The first-order valence-electron chi connectivity index (χ1n) is 7.84. The number of carbonyl (C=O) groups excluding carboxylic acids is 2. The molecular weight excluding hydrogens is 376 g/mol. The van der Waals surface area contributed by atoms with E-state index in [2.05, 4.69) is 9.47 Å². The fraction of sp³-hybridized carbons (Fsp3) is 0.857. The molecule has 156 valence electrons. The van der Waals surface area contributed by atoms with Crippen LogP contribution >= 0.6 is 0 Å². The van der Waals surface area contributed by atoms with Gasteiger partial charge in [-0.25, -0.2) is 9.59 Å². The monoisotopic (exact) mass is 398 g/mol. The van der Waals surface area contributed by atoms with E-state index in [0.29, 0.717) is 0 Å². The first-order chi connectivity index (χ1) is 12.6. The highest BCUT2D eigenvalue weighted by Crippen LogP contribution is 2.29. The zero-order valence-electron chi connectivity index (χ0n) is 14.3. The molecular formula is C14H22O13. The van der Waals surface area contributed by atoms with Gasteiger partial charge in [0.05, 0.1) is 14.2 Å². The first-order valence-corrected chi connectivity index (χ1v) is 7.84. The van der Waals surface area contributed by atoms with Crippen molar-refractivity contribution in [1.82, 2.24) is 0 Å². The van der Waals surface area contributed by atoms with Crippen LogP contribution in [0, 0.1) is 0 Å². The van der Waals surface area contributed by atoms with Crippen LogP contribution in [0.25, 0.3) is 0 Å². The molecule has 0 amide bonds. The number of carbonyl (C=O) groups is 2. The predicted molar refractivity (Wildman–Crippen MR) is 78.5 cm³/mol. The first kappa shape index (κ1) is 21.9. The van der Waals surface area contributed by atoms with Crippen LogP contribution in [0.3, 0.4) is 0 Å². The molecule has 0 unspecified atom stereocenters. The zero-order valence-corrected chi connectivity index (χ0v) is 14.3. The maximum Gasteiger partial charge on any atom is 0.337 e. The second kappa shape index (κ2) is 8.72. The van der Waals surface area contributed by atoms with Gasteiger partial charge >= 0.3 is 11.9 Å². The number of esters is 2. The van der Waals surface area contributed by atoms with Gasteiger partial charge in [0, 0.05) is 0 Å². The molecule has 0 aliphatic carbocycles. The van der Waals surface area contributed by atoms with E-state index >= 15 is 0 Å². The van der Waals surface area contributed by atoms with Crippen LogP contribution in [-0.4, -0.2) is 118 Å². The van der Waals surface area contributed by atoms with Gasteiger partial charge in [-0.05, 0) is 0 Å². The van der Waals surface area contributed by atoms with Crippen LogP contribution in [0.4, 0.5) is 0 Å². The summed E-state index contributed by atoms with van der Waals surface area (Å²) >= 11 is 0. The van der Waals surface area contributed by atoms with Crippen molar-refractivity contribution in [1.29, 1.82) is 0 Å². The molecule has 27 heavy (non-hydrogen) atoms. The van der Waals surface area contributed by atoms with Gasteiger partial charge < -0.3 is 54.3 Å². The second-order valence-corrected chi connectivity index (χ2v) is 5.97. The molecule has 2 aliphatic heterocycles. The summed E-state index contributed by atoms with van der Waals surface area (Å²) in [4.78, 5) is 23.1. The molecule has 2 rings (SSSR count). The quantitative estimate of drug-likeness (QED) is 0.246. The van der Waals surface area contributed by atoms with Crippen molar-refractivity contribution in [3.05, 3.63) is 0 Å². The number of ether oxygens (including phenoxy) is 5. The topological polar surface area (TPSA) is 202 Å². The molecule has 0 spiro atoms. The summed E-state index contributed by atoms with van der Waals surface area (Å²) < 4.78 is 23.9. The van der Waals surface area contributed by atoms with Gasteiger partial charge in [-0.2, -0.15) is 0 Å². The van der Waals surface area contributed by atoms with Crippen LogP contribution in [0.2, 0.25) is 0 Å². The lowest BCUT2D eigenvalue weighted by Crippen LogP contribution is -2.65. The summed E-state index contributed by atoms with van der Waals surface area (Å²) in [6.45, 7) is 0. The van der Waals surface area contributed by atoms with Gasteiger partial charge in [-0.3, -0.25) is 0 Å². The minimum absolute atomic E-state index is 0.998. The highest BCUT2D eigenvalue weighted by Gasteiger charge is 2.53. The van der Waals surface area contributed by atoms with E-state index in [1.807, 2.05) is 0 Å². The molecule has 13 nitrogen and oxygen atoms in total. The van der Waals surface area contributed by atoms with Crippen molar-refractivity contribution >= 4 is 11.9 Å².